The predicted molar refractivity (Wildman–Crippen MR) is 64.1 cm³/mol. The van der Waals surface area contributed by atoms with Gasteiger partial charge in [0, 0.05) is 12.1 Å². The van der Waals surface area contributed by atoms with Gasteiger partial charge in [-0.3, -0.25) is 4.68 Å². The third kappa shape index (κ3) is 2.85. The van der Waals surface area contributed by atoms with Crippen LogP contribution in [0.3, 0.4) is 0 Å². The first-order valence-corrected chi connectivity index (χ1v) is 5.44. The highest BCUT2D eigenvalue weighted by atomic mass is 35.5. The summed E-state index contributed by atoms with van der Waals surface area (Å²) >= 11 is 5.74. The molecule has 0 bridgehead atoms. The van der Waals surface area contributed by atoms with E-state index in [0.29, 0.717) is 11.6 Å². The summed E-state index contributed by atoms with van der Waals surface area (Å²) < 4.78 is 7.25. The first-order chi connectivity index (χ1) is 8.04. The molecule has 2 heterocycles. The van der Waals surface area contributed by atoms with E-state index in [1.54, 1.807) is 17.1 Å². The molecule has 7 heteroatoms. The lowest BCUT2D eigenvalue weighted by atomic mass is 10.4. The highest BCUT2D eigenvalue weighted by Gasteiger charge is 2.06. The van der Waals surface area contributed by atoms with Gasteiger partial charge in [0.15, 0.2) is 5.75 Å². The minimum atomic E-state index is 0.0729. The van der Waals surface area contributed by atoms with Gasteiger partial charge in [0.05, 0.1) is 12.4 Å². The van der Waals surface area contributed by atoms with Crippen molar-refractivity contribution in [2.45, 2.75) is 19.9 Å². The number of hydrogen-bond acceptors (Lipinski definition) is 5. The van der Waals surface area contributed by atoms with Gasteiger partial charge in [-0.15, -0.1) is 0 Å². The van der Waals surface area contributed by atoms with Gasteiger partial charge >= 0.3 is 0 Å². The smallest absolute Gasteiger partial charge is 0.225 e. The number of aromatic nitrogens is 4. The Labute approximate surface area is 103 Å². The van der Waals surface area contributed by atoms with Gasteiger partial charge in [0.2, 0.25) is 11.8 Å². The maximum Gasteiger partial charge on any atom is 0.225 e. The standard InChI is InChI=1S/C10H12ClN5O/c1-6(2)16-5-7(4-13-16)17-9-3-8(11)14-10(12)15-9/h3-6H,1-2H3,(H2,12,14,15). The van der Waals surface area contributed by atoms with Crippen molar-refractivity contribution in [3.8, 4) is 11.6 Å². The molecule has 0 saturated carbocycles. The molecule has 0 aliphatic rings. The van der Waals surface area contributed by atoms with E-state index in [4.69, 9.17) is 22.1 Å². The van der Waals surface area contributed by atoms with Crippen LogP contribution >= 0.6 is 11.6 Å². The molecule has 2 N–H and O–H groups in total. The molecule has 90 valence electrons. The van der Waals surface area contributed by atoms with E-state index in [-0.39, 0.29) is 17.1 Å². The Balaban J connectivity index is 2.19. The van der Waals surface area contributed by atoms with Gasteiger partial charge < -0.3 is 10.5 Å². The Bertz CT molecular complexity index is 505. The molecular formula is C10H12ClN5O. The summed E-state index contributed by atoms with van der Waals surface area (Å²) in [5, 5.41) is 4.38. The second-order valence-corrected chi connectivity index (χ2v) is 4.13. The van der Waals surface area contributed by atoms with Gasteiger partial charge in [0.25, 0.3) is 0 Å². The summed E-state index contributed by atoms with van der Waals surface area (Å²) in [7, 11) is 0. The number of nitrogens with zero attached hydrogens (tertiary/aromatic N) is 4. The van der Waals surface area contributed by atoms with Gasteiger partial charge in [-0.05, 0) is 13.8 Å². The Kier molecular flexibility index (Phi) is 3.14. The molecule has 0 unspecified atom stereocenters. The fraction of sp³-hybridized carbons (Fsp3) is 0.300. The zero-order chi connectivity index (χ0) is 12.4. The monoisotopic (exact) mass is 253 g/mol. The summed E-state index contributed by atoms with van der Waals surface area (Å²) in [6.45, 7) is 4.05. The van der Waals surface area contributed by atoms with Crippen LogP contribution in [0.15, 0.2) is 18.5 Å². The minimum Gasteiger partial charge on any atom is -0.435 e. The molecule has 2 aromatic heterocycles. The number of halogens is 1. The first-order valence-electron chi connectivity index (χ1n) is 5.06. The molecule has 0 radical (unpaired) electrons. The normalized spacial score (nSPS) is 10.8. The number of ether oxygens (including phenoxy) is 1. The third-order valence-electron chi connectivity index (χ3n) is 2.02. The molecule has 2 rings (SSSR count). The lowest BCUT2D eigenvalue weighted by Gasteiger charge is -2.04. The molecule has 0 spiro atoms. The first kappa shape index (κ1) is 11.7. The van der Waals surface area contributed by atoms with E-state index in [9.17, 15) is 0 Å². The minimum absolute atomic E-state index is 0.0729. The number of hydrogen-bond donors (Lipinski definition) is 1. The Morgan fingerprint density at radius 2 is 2.18 bits per heavy atom. The van der Waals surface area contributed by atoms with Crippen molar-refractivity contribution in [1.82, 2.24) is 19.7 Å². The average molecular weight is 254 g/mol. The zero-order valence-corrected chi connectivity index (χ0v) is 10.2. The number of anilines is 1. The van der Waals surface area contributed by atoms with Crippen LogP contribution in [-0.4, -0.2) is 19.7 Å². The summed E-state index contributed by atoms with van der Waals surface area (Å²) in [6.07, 6.45) is 3.38. The third-order valence-corrected chi connectivity index (χ3v) is 2.21. The van der Waals surface area contributed by atoms with Gasteiger partial charge in [-0.1, -0.05) is 11.6 Å². The lowest BCUT2D eigenvalue weighted by molar-refractivity contribution is 0.459. The molecule has 17 heavy (non-hydrogen) atoms. The summed E-state index contributed by atoms with van der Waals surface area (Å²) in [4.78, 5) is 7.65. The van der Waals surface area contributed by atoms with E-state index in [2.05, 4.69) is 15.1 Å². The SMILES string of the molecule is CC(C)n1cc(Oc2cc(Cl)nc(N)n2)cn1. The van der Waals surface area contributed by atoms with Crippen molar-refractivity contribution in [3.05, 3.63) is 23.6 Å². The molecule has 0 atom stereocenters. The fourth-order valence-electron chi connectivity index (χ4n) is 1.24. The molecular weight excluding hydrogens is 242 g/mol. The van der Waals surface area contributed by atoms with E-state index < -0.39 is 0 Å². The Morgan fingerprint density at radius 1 is 1.41 bits per heavy atom. The van der Waals surface area contributed by atoms with Crippen LogP contribution < -0.4 is 10.5 Å². The van der Waals surface area contributed by atoms with Crippen molar-refractivity contribution in [2.24, 2.45) is 0 Å². The number of rotatable bonds is 3. The zero-order valence-electron chi connectivity index (χ0n) is 9.46. The topological polar surface area (TPSA) is 78.9 Å². The Morgan fingerprint density at radius 3 is 2.76 bits per heavy atom. The van der Waals surface area contributed by atoms with Crippen molar-refractivity contribution in [1.29, 1.82) is 0 Å². The quantitative estimate of drug-likeness (QED) is 0.849. The van der Waals surface area contributed by atoms with Crippen LogP contribution in [0.5, 0.6) is 11.6 Å². The van der Waals surface area contributed by atoms with Crippen molar-refractivity contribution >= 4 is 17.5 Å². The van der Waals surface area contributed by atoms with Crippen LogP contribution in [0.1, 0.15) is 19.9 Å². The largest absolute Gasteiger partial charge is 0.435 e. The molecule has 2 aromatic rings. The number of nitrogen functional groups attached to an aromatic ring is 1. The van der Waals surface area contributed by atoms with Crippen LogP contribution in [-0.2, 0) is 0 Å². The van der Waals surface area contributed by atoms with Crippen LogP contribution in [0, 0.1) is 0 Å². The van der Waals surface area contributed by atoms with Crippen molar-refractivity contribution in [3.63, 3.8) is 0 Å². The second kappa shape index (κ2) is 4.58. The molecule has 6 nitrogen and oxygen atoms in total. The van der Waals surface area contributed by atoms with E-state index in [1.165, 1.54) is 6.07 Å². The molecule has 0 aromatic carbocycles. The molecule has 0 aliphatic carbocycles. The van der Waals surface area contributed by atoms with E-state index in [1.807, 2.05) is 13.8 Å². The van der Waals surface area contributed by atoms with Gasteiger partial charge in [-0.25, -0.2) is 4.98 Å². The Hall–Kier alpha value is -1.82. The predicted octanol–water partition coefficient (Wildman–Crippen LogP) is 2.28. The average Bonchev–Trinajstić information content (AvgIpc) is 2.64. The second-order valence-electron chi connectivity index (χ2n) is 3.74. The maximum absolute atomic E-state index is 5.74. The van der Waals surface area contributed by atoms with Crippen LogP contribution in [0.4, 0.5) is 5.95 Å². The van der Waals surface area contributed by atoms with E-state index in [0.717, 1.165) is 0 Å². The van der Waals surface area contributed by atoms with E-state index >= 15 is 0 Å². The lowest BCUT2D eigenvalue weighted by Crippen LogP contribution is -2.00. The van der Waals surface area contributed by atoms with Gasteiger partial charge in [0.1, 0.15) is 5.15 Å². The highest BCUT2D eigenvalue weighted by Crippen LogP contribution is 2.22. The molecule has 0 fully saturated rings. The van der Waals surface area contributed by atoms with Crippen LogP contribution in [0.2, 0.25) is 5.15 Å². The molecule has 0 amide bonds. The van der Waals surface area contributed by atoms with Crippen molar-refractivity contribution in [2.75, 3.05) is 5.73 Å². The summed E-state index contributed by atoms with van der Waals surface area (Å²) in [5.41, 5.74) is 5.46. The number of nitrogens with two attached hydrogens (primary N) is 1. The molecule has 0 saturated heterocycles. The highest BCUT2D eigenvalue weighted by molar-refractivity contribution is 6.29. The van der Waals surface area contributed by atoms with Gasteiger partial charge in [-0.2, -0.15) is 10.1 Å². The van der Waals surface area contributed by atoms with Crippen LogP contribution in [0.25, 0.3) is 0 Å². The molecule has 0 aliphatic heterocycles. The maximum atomic E-state index is 5.74. The fourth-order valence-corrected chi connectivity index (χ4v) is 1.42. The van der Waals surface area contributed by atoms with Crippen molar-refractivity contribution < 1.29 is 4.74 Å². The summed E-state index contributed by atoms with van der Waals surface area (Å²) in [6, 6.07) is 1.76. The summed E-state index contributed by atoms with van der Waals surface area (Å²) in [5.74, 6) is 0.947.